The largest absolute Gasteiger partial charge is 0.455 e. The monoisotopic (exact) mass is 1920 g/mol. The molecule has 20 aromatic rings. The Hall–Kier alpha value is -13.6. The van der Waals surface area contributed by atoms with Crippen molar-refractivity contribution in [3.63, 3.8) is 0 Å². The molecule has 0 atom stereocenters. The molecule has 2 saturated carbocycles. The van der Waals surface area contributed by atoms with Crippen molar-refractivity contribution in [2.24, 2.45) is 40.0 Å². The summed E-state index contributed by atoms with van der Waals surface area (Å²) in [6.07, 6.45) is 21.6. The molecule has 146 heavy (non-hydrogen) atoms. The second-order valence-corrected chi connectivity index (χ2v) is 47.3. The van der Waals surface area contributed by atoms with Gasteiger partial charge in [-0.15, -0.1) is 0 Å². The van der Waals surface area contributed by atoms with Crippen LogP contribution in [0.3, 0.4) is 0 Å². The molecule has 0 unspecified atom stereocenters. The Bertz CT molecular complexity index is 8800. The van der Waals surface area contributed by atoms with Gasteiger partial charge >= 0.3 is 0 Å². The van der Waals surface area contributed by atoms with Crippen LogP contribution < -0.4 is 18.3 Å². The van der Waals surface area contributed by atoms with Gasteiger partial charge in [0.15, 0.2) is 24.8 Å². The van der Waals surface area contributed by atoms with Gasteiger partial charge in [0.25, 0.3) is 0 Å². The highest BCUT2D eigenvalue weighted by Gasteiger charge is 2.51. The van der Waals surface area contributed by atoms with Crippen molar-refractivity contribution in [1.82, 2.24) is 0 Å². The quantitative estimate of drug-likeness (QED) is 0.114. The van der Waals surface area contributed by atoms with E-state index in [2.05, 4.69) is 442 Å². The number of rotatable bonds is 12. The van der Waals surface area contributed by atoms with Gasteiger partial charge in [0.05, 0.1) is 22.3 Å². The second kappa shape index (κ2) is 35.7. The number of aromatic nitrogens is 4. The first-order valence-electron chi connectivity index (χ1n) is 54.4. The highest BCUT2D eigenvalue weighted by atomic mass is 16.3. The number of fused-ring (bicyclic) bond motifs is 31. The van der Waals surface area contributed by atoms with E-state index in [9.17, 15) is 0 Å². The average molecular weight is 1920 g/mol. The smallest absolute Gasteiger partial charge is 0.216 e. The van der Waals surface area contributed by atoms with Crippen molar-refractivity contribution in [2.75, 3.05) is 0 Å². The van der Waals surface area contributed by atoms with Gasteiger partial charge in [0.2, 0.25) is 22.8 Å². The van der Waals surface area contributed by atoms with E-state index in [1.807, 2.05) is 0 Å². The van der Waals surface area contributed by atoms with Crippen LogP contribution in [0.2, 0.25) is 0 Å². The molecule has 6 aliphatic rings. The van der Waals surface area contributed by atoms with Crippen molar-refractivity contribution < 1.29 is 35.9 Å². The van der Waals surface area contributed by atoms with Crippen LogP contribution in [0.15, 0.2) is 261 Å². The van der Waals surface area contributed by atoms with Crippen molar-refractivity contribution in [2.45, 2.75) is 262 Å². The predicted octanol–water partition coefficient (Wildman–Crippen LogP) is 35.6. The van der Waals surface area contributed by atoms with Crippen LogP contribution in [-0.2, 0) is 49.9 Å². The summed E-state index contributed by atoms with van der Waals surface area (Å²) in [6.45, 7) is 50.1. The molecule has 2 fully saturated rings. The normalized spacial score (nSPS) is 15.1. The summed E-state index contributed by atoms with van der Waals surface area (Å²) in [6, 6.07) is 82.1. The van der Waals surface area contributed by atoms with Crippen LogP contribution in [0.4, 0.5) is 0 Å². The Labute approximate surface area is 863 Å². The lowest BCUT2D eigenvalue weighted by Crippen LogP contribution is -2.32. The molecule has 8 nitrogen and oxygen atoms in total. The summed E-state index contributed by atoms with van der Waals surface area (Å²) in [5.41, 5.74) is 56.7. The third kappa shape index (κ3) is 14.7. The summed E-state index contributed by atoms with van der Waals surface area (Å²) >= 11 is 0. The minimum Gasteiger partial charge on any atom is -0.455 e. The van der Waals surface area contributed by atoms with E-state index in [-0.39, 0.29) is 21.7 Å². The third-order valence-electron chi connectivity index (χ3n) is 35.2. The lowest BCUT2D eigenvalue weighted by atomic mass is 9.67. The molecule has 8 heteroatoms. The van der Waals surface area contributed by atoms with E-state index < -0.39 is 0 Å². The van der Waals surface area contributed by atoms with Crippen molar-refractivity contribution >= 4 is 87.8 Å². The van der Waals surface area contributed by atoms with Gasteiger partial charge < -0.3 is 17.7 Å². The molecule has 6 aliphatic carbocycles. The molecule has 0 bridgehead atoms. The second-order valence-electron chi connectivity index (χ2n) is 47.3. The average Bonchev–Trinajstić information content (AvgIpc) is 1.54. The molecule has 26 rings (SSSR count). The number of furan rings is 4. The molecule has 0 aliphatic heterocycles. The maximum atomic E-state index is 6.91. The van der Waals surface area contributed by atoms with Crippen molar-refractivity contribution in [3.05, 3.63) is 354 Å². The first kappa shape index (κ1) is 95.9. The Morgan fingerprint density at radius 2 is 0.562 bits per heavy atom. The molecule has 2 spiro atoms. The van der Waals surface area contributed by atoms with Crippen LogP contribution >= 0.6 is 0 Å². The Morgan fingerprint density at radius 1 is 0.260 bits per heavy atom. The molecular weight excluding hydrogens is 1780 g/mol. The van der Waals surface area contributed by atoms with Crippen LogP contribution in [0, 0.1) is 67.2 Å². The summed E-state index contributed by atoms with van der Waals surface area (Å²) < 4.78 is 36.3. The third-order valence-corrected chi connectivity index (χ3v) is 35.2. The van der Waals surface area contributed by atoms with Gasteiger partial charge in [-0.25, -0.2) is 18.3 Å². The van der Waals surface area contributed by atoms with E-state index in [1.165, 1.54) is 295 Å². The summed E-state index contributed by atoms with van der Waals surface area (Å²) in [5.74, 6) is 3.13. The number of pyridine rings is 4. The zero-order valence-corrected chi connectivity index (χ0v) is 91.1. The number of hydrogen-bond donors (Lipinski definition) is 0. The van der Waals surface area contributed by atoms with E-state index >= 15 is 0 Å². The van der Waals surface area contributed by atoms with E-state index in [0.29, 0.717) is 35.5 Å². The molecule has 12 aromatic carbocycles. The van der Waals surface area contributed by atoms with E-state index in [1.54, 1.807) is 0 Å². The van der Waals surface area contributed by atoms with Crippen molar-refractivity contribution in [1.29, 1.82) is 0 Å². The maximum Gasteiger partial charge on any atom is 0.216 e. The molecule has 0 radical (unpaired) electrons. The van der Waals surface area contributed by atoms with Gasteiger partial charge in [0, 0.05) is 111 Å². The first-order valence-corrected chi connectivity index (χ1v) is 54.4. The SMILES string of the molecule is Cc1cc(-c2c(C)ccc3c2oc2cc4c(cc23)-c2ccccc2C42CCCC2)[n+](C)cc1C(C)C.Cc1cc(-c2c(C)ccc3c2oc2ccc4c(c23)C(C)(C)c2ccccc2-4)[n+](C)cc1C(C)C.Cc1cc(-c2c(C)ccc3c2oc2ccc4c(c23)C(CC(C)C)(CC(C)C)c2ccccc2-4)[n+](C)cc1C(C)C.Cc1cc(-c2c(C)ccc3c2oc2ccc4c(c23)C2(CCCC2)c2ccccc2-4)[n+](C)cc1C(C)C. The number of aryl methyl sites for hydroxylation is 12. The van der Waals surface area contributed by atoms with Crippen molar-refractivity contribution in [3.8, 4) is 89.5 Å². The maximum absolute atomic E-state index is 6.91. The molecule has 736 valence electrons. The number of benzene rings is 12. The highest BCUT2D eigenvalue weighted by molar-refractivity contribution is 6.18. The Morgan fingerprint density at radius 3 is 0.952 bits per heavy atom. The fraction of sp³-hybridized carbons (Fsp3) is 0.333. The molecule has 0 saturated heterocycles. The lowest BCUT2D eigenvalue weighted by Gasteiger charge is -2.36. The minimum atomic E-state index is -0.0759. The minimum absolute atomic E-state index is 0.0320. The lowest BCUT2D eigenvalue weighted by molar-refractivity contribution is -0.661. The van der Waals surface area contributed by atoms with E-state index in [4.69, 9.17) is 17.7 Å². The number of hydrogen-bond acceptors (Lipinski definition) is 4. The van der Waals surface area contributed by atoms with Gasteiger partial charge in [-0.05, 0) is 293 Å². The van der Waals surface area contributed by atoms with Crippen LogP contribution in [-0.4, -0.2) is 0 Å². The van der Waals surface area contributed by atoms with Crippen LogP contribution in [0.25, 0.3) is 177 Å². The van der Waals surface area contributed by atoms with Gasteiger partial charge in [-0.3, -0.25) is 0 Å². The van der Waals surface area contributed by atoms with Gasteiger partial charge in [-0.1, -0.05) is 286 Å². The zero-order valence-electron chi connectivity index (χ0n) is 91.1. The standard InChI is InChI=1S/C38H44NO.2C34H34NO.C32H32NO/c1-22(2)19-38(20-23(3)4)31-13-11-10-12-27(31)28-16-17-33-35(36(28)38)29-15-14-25(7)34(37(29)40-33)32-18-26(8)30(24(5)6)21-39(32)9;1-20(2)26-19-35(5)28(18-22(26)4)30-21(3)12-13-25-31-29(36-33(25)30)15-14-24-23-10-6-7-11-27(23)34(32(24)31)16-8-9-17-34;1-20(2)27-19-35(5)30(16-22(27)4)32-21(3)12-13-24-26-17-25-23-10-6-7-11-28(23)34(14-8-9-15-34)29(25)18-31(26)36-33(24)32;1-18(2)24-17-33(7)26(16-20(24)4)28-19(3)12-13-23-29-27(34-31(23)28)15-14-22-21-10-8-9-11-25(21)32(5,6)30(22)29/h10-18,21-24H,19-20H2,1-9H3;6-7,10-15,18-20H,8-9,16-17H2,1-5H3;6-7,10-13,16-20H,8-9,14-15H2,1-5H3;8-18H,1-7H3/q4*+1. The zero-order chi connectivity index (χ0) is 102. The predicted molar refractivity (Wildman–Crippen MR) is 608 cm³/mol. The fourth-order valence-corrected chi connectivity index (χ4v) is 28.9. The van der Waals surface area contributed by atoms with E-state index in [0.717, 1.165) is 57.5 Å². The highest BCUT2D eigenvalue weighted by Crippen LogP contribution is 2.64. The molecular formula is C138H144N4O4+4. The molecule has 8 heterocycles. The summed E-state index contributed by atoms with van der Waals surface area (Å²) in [4.78, 5) is 0. The fourth-order valence-electron chi connectivity index (χ4n) is 28.9. The Balaban J connectivity index is 0.000000108. The molecule has 8 aromatic heterocycles. The van der Waals surface area contributed by atoms with Crippen LogP contribution in [0.5, 0.6) is 0 Å². The Kier molecular flexibility index (Phi) is 23.4. The summed E-state index contributed by atoms with van der Waals surface area (Å²) in [5, 5.41) is 10.0. The van der Waals surface area contributed by atoms with Crippen LogP contribution in [0.1, 0.15) is 296 Å². The summed E-state index contributed by atoms with van der Waals surface area (Å²) in [7, 11) is 8.66. The first-order chi connectivity index (χ1) is 70.0. The molecule has 0 N–H and O–H groups in total. The number of nitrogens with zero attached hydrogens (tertiary/aromatic N) is 4. The topological polar surface area (TPSA) is 68.1 Å². The van der Waals surface area contributed by atoms with Gasteiger partial charge in [-0.2, -0.15) is 0 Å². The van der Waals surface area contributed by atoms with Gasteiger partial charge in [0.1, 0.15) is 72.9 Å². The molecule has 0 amide bonds.